The van der Waals surface area contributed by atoms with E-state index in [-0.39, 0.29) is 12.5 Å². The number of halogens is 1. The molecule has 0 unspecified atom stereocenters. The minimum atomic E-state index is -1.26. The van der Waals surface area contributed by atoms with E-state index in [2.05, 4.69) is 15.9 Å². The van der Waals surface area contributed by atoms with E-state index in [4.69, 9.17) is 4.74 Å². The Morgan fingerprint density at radius 1 is 1.40 bits per heavy atom. The Morgan fingerprint density at radius 2 is 2.05 bits per heavy atom. The molecular formula is C14H18BrNO4. The summed E-state index contributed by atoms with van der Waals surface area (Å²) in [5.74, 6) is -0.855. The van der Waals surface area contributed by atoms with Gasteiger partial charge in [0.05, 0.1) is 0 Å². The summed E-state index contributed by atoms with van der Waals surface area (Å²) >= 11 is 3.31. The fourth-order valence-electron chi connectivity index (χ4n) is 1.78. The molecule has 6 heteroatoms. The van der Waals surface area contributed by atoms with E-state index in [1.165, 1.54) is 18.7 Å². The SMILES string of the molecule is CCN(C(=O)COc1cccc(Br)c1)C(C)(C)C(=O)O. The van der Waals surface area contributed by atoms with Crippen LogP contribution in [0.25, 0.3) is 0 Å². The molecule has 5 nitrogen and oxygen atoms in total. The second-order valence-corrected chi connectivity index (χ2v) is 5.66. The van der Waals surface area contributed by atoms with Gasteiger partial charge in [0.25, 0.3) is 5.91 Å². The van der Waals surface area contributed by atoms with Crippen molar-refractivity contribution in [3.8, 4) is 5.75 Å². The lowest BCUT2D eigenvalue weighted by Gasteiger charge is -2.34. The number of carboxylic acid groups (broad SMARTS) is 1. The third-order valence-electron chi connectivity index (χ3n) is 2.97. The lowest BCUT2D eigenvalue weighted by Crippen LogP contribution is -2.54. The molecule has 0 aliphatic rings. The maximum Gasteiger partial charge on any atom is 0.329 e. The minimum Gasteiger partial charge on any atom is -0.484 e. The van der Waals surface area contributed by atoms with Crippen molar-refractivity contribution in [2.75, 3.05) is 13.2 Å². The van der Waals surface area contributed by atoms with Gasteiger partial charge in [-0.15, -0.1) is 0 Å². The van der Waals surface area contributed by atoms with Crippen LogP contribution < -0.4 is 4.74 Å². The highest BCUT2D eigenvalue weighted by Crippen LogP contribution is 2.19. The van der Waals surface area contributed by atoms with Gasteiger partial charge in [0.2, 0.25) is 0 Å². The number of carboxylic acids is 1. The van der Waals surface area contributed by atoms with Gasteiger partial charge in [-0.1, -0.05) is 22.0 Å². The number of amides is 1. The third-order valence-corrected chi connectivity index (χ3v) is 3.47. The van der Waals surface area contributed by atoms with Crippen molar-refractivity contribution >= 4 is 27.8 Å². The first-order chi connectivity index (χ1) is 9.28. The number of aliphatic carboxylic acids is 1. The molecule has 1 aromatic rings. The quantitative estimate of drug-likeness (QED) is 0.861. The monoisotopic (exact) mass is 343 g/mol. The molecule has 1 rings (SSSR count). The summed E-state index contributed by atoms with van der Waals surface area (Å²) in [6.45, 7) is 4.84. The summed E-state index contributed by atoms with van der Waals surface area (Å²) in [5, 5.41) is 9.17. The van der Waals surface area contributed by atoms with Crippen LogP contribution in [0.15, 0.2) is 28.7 Å². The van der Waals surface area contributed by atoms with E-state index in [1.54, 1.807) is 25.1 Å². The van der Waals surface area contributed by atoms with Crippen LogP contribution in [0.5, 0.6) is 5.75 Å². The van der Waals surface area contributed by atoms with Crippen molar-refractivity contribution in [3.63, 3.8) is 0 Å². The molecule has 1 N–H and O–H groups in total. The van der Waals surface area contributed by atoms with E-state index in [9.17, 15) is 14.7 Å². The van der Waals surface area contributed by atoms with Crippen molar-refractivity contribution in [1.82, 2.24) is 4.90 Å². The summed E-state index contributed by atoms with van der Waals surface area (Å²) in [4.78, 5) is 24.6. The predicted molar refractivity (Wildman–Crippen MR) is 78.7 cm³/mol. The molecule has 0 atom stereocenters. The molecule has 0 aliphatic carbocycles. The van der Waals surface area contributed by atoms with Crippen LogP contribution in [-0.2, 0) is 9.59 Å². The zero-order valence-electron chi connectivity index (χ0n) is 11.7. The summed E-state index contributed by atoms with van der Waals surface area (Å²) in [6.07, 6.45) is 0. The van der Waals surface area contributed by atoms with Gasteiger partial charge in [0.1, 0.15) is 11.3 Å². The van der Waals surface area contributed by atoms with E-state index < -0.39 is 11.5 Å². The number of likely N-dealkylation sites (N-methyl/N-ethyl adjacent to an activating group) is 1. The normalized spacial score (nSPS) is 11.0. The largest absolute Gasteiger partial charge is 0.484 e. The smallest absolute Gasteiger partial charge is 0.329 e. The Hall–Kier alpha value is -1.56. The number of ether oxygens (including phenoxy) is 1. The molecule has 0 heterocycles. The maximum atomic E-state index is 12.1. The number of hydrogen-bond acceptors (Lipinski definition) is 3. The summed E-state index contributed by atoms with van der Waals surface area (Å²) < 4.78 is 6.24. The molecule has 0 bridgehead atoms. The highest BCUT2D eigenvalue weighted by molar-refractivity contribution is 9.10. The fourth-order valence-corrected chi connectivity index (χ4v) is 2.16. The van der Waals surface area contributed by atoms with E-state index in [1.807, 2.05) is 6.07 Å². The molecule has 110 valence electrons. The number of hydrogen-bond donors (Lipinski definition) is 1. The summed E-state index contributed by atoms with van der Waals surface area (Å²) in [7, 11) is 0. The molecular weight excluding hydrogens is 326 g/mol. The average molecular weight is 344 g/mol. The zero-order chi connectivity index (χ0) is 15.3. The Bertz CT molecular complexity index is 502. The van der Waals surface area contributed by atoms with Gasteiger partial charge >= 0.3 is 5.97 Å². The molecule has 20 heavy (non-hydrogen) atoms. The predicted octanol–water partition coefficient (Wildman–Crippen LogP) is 2.54. The van der Waals surface area contributed by atoms with Crippen LogP contribution in [0.3, 0.4) is 0 Å². The van der Waals surface area contributed by atoms with E-state index in [0.29, 0.717) is 12.3 Å². The maximum absolute atomic E-state index is 12.1. The van der Waals surface area contributed by atoms with Gasteiger partial charge in [-0.2, -0.15) is 0 Å². The molecule has 1 aromatic carbocycles. The van der Waals surface area contributed by atoms with Crippen molar-refractivity contribution in [3.05, 3.63) is 28.7 Å². The fraction of sp³-hybridized carbons (Fsp3) is 0.429. The first-order valence-corrected chi connectivity index (χ1v) is 7.00. The number of carbonyl (C=O) groups is 2. The third kappa shape index (κ3) is 3.96. The van der Waals surface area contributed by atoms with Gasteiger partial charge in [-0.25, -0.2) is 4.79 Å². The van der Waals surface area contributed by atoms with Crippen LogP contribution in [0.4, 0.5) is 0 Å². The van der Waals surface area contributed by atoms with Crippen LogP contribution in [0.1, 0.15) is 20.8 Å². The van der Waals surface area contributed by atoms with Crippen molar-refractivity contribution < 1.29 is 19.4 Å². The van der Waals surface area contributed by atoms with Crippen molar-refractivity contribution in [2.45, 2.75) is 26.3 Å². The van der Waals surface area contributed by atoms with E-state index >= 15 is 0 Å². The van der Waals surface area contributed by atoms with Gasteiger partial charge in [0, 0.05) is 11.0 Å². The number of benzene rings is 1. The highest BCUT2D eigenvalue weighted by atomic mass is 79.9. The zero-order valence-corrected chi connectivity index (χ0v) is 13.3. The van der Waals surface area contributed by atoms with E-state index in [0.717, 1.165) is 4.47 Å². The molecule has 0 fully saturated rings. The molecule has 0 radical (unpaired) electrons. The average Bonchev–Trinajstić information content (AvgIpc) is 2.36. The molecule has 0 saturated carbocycles. The molecule has 0 aliphatic heterocycles. The number of rotatable bonds is 6. The Kier molecular flexibility index (Phi) is 5.56. The molecule has 0 aromatic heterocycles. The Balaban J connectivity index is 2.72. The van der Waals surface area contributed by atoms with Crippen molar-refractivity contribution in [2.24, 2.45) is 0 Å². The molecule has 0 spiro atoms. The lowest BCUT2D eigenvalue weighted by atomic mass is 10.0. The van der Waals surface area contributed by atoms with Gasteiger partial charge < -0.3 is 14.7 Å². The van der Waals surface area contributed by atoms with Crippen LogP contribution in [0, 0.1) is 0 Å². The first-order valence-electron chi connectivity index (χ1n) is 6.21. The van der Waals surface area contributed by atoms with Crippen molar-refractivity contribution in [1.29, 1.82) is 0 Å². The minimum absolute atomic E-state index is 0.193. The van der Waals surface area contributed by atoms with Crippen LogP contribution in [0.2, 0.25) is 0 Å². The topological polar surface area (TPSA) is 66.8 Å². The van der Waals surface area contributed by atoms with Crippen LogP contribution in [-0.4, -0.2) is 40.6 Å². The van der Waals surface area contributed by atoms with Gasteiger partial charge in [-0.05, 0) is 39.0 Å². The number of nitrogens with zero attached hydrogens (tertiary/aromatic N) is 1. The summed E-state index contributed by atoms with van der Waals surface area (Å²) in [5.41, 5.74) is -1.26. The van der Waals surface area contributed by atoms with Gasteiger partial charge in [-0.3, -0.25) is 4.79 Å². The van der Waals surface area contributed by atoms with Gasteiger partial charge in [0.15, 0.2) is 6.61 Å². The standard InChI is InChI=1S/C14H18BrNO4/c1-4-16(14(2,3)13(18)19)12(17)9-20-11-7-5-6-10(15)8-11/h5-8H,4,9H2,1-3H3,(H,18,19). The molecule has 0 saturated heterocycles. The summed E-state index contributed by atoms with van der Waals surface area (Å²) in [6, 6.07) is 7.12. The number of carbonyl (C=O) groups excluding carboxylic acids is 1. The second-order valence-electron chi connectivity index (χ2n) is 4.75. The Labute approximate surface area is 126 Å². The highest BCUT2D eigenvalue weighted by Gasteiger charge is 2.36. The van der Waals surface area contributed by atoms with Crippen LogP contribution >= 0.6 is 15.9 Å². The lowest BCUT2D eigenvalue weighted by molar-refractivity contribution is -0.157. The second kappa shape index (κ2) is 6.74. The first kappa shape index (κ1) is 16.5. The molecule has 1 amide bonds. The Morgan fingerprint density at radius 3 is 2.55 bits per heavy atom.